The number of anilines is 2. The van der Waals surface area contributed by atoms with Crippen molar-refractivity contribution in [3.05, 3.63) is 41.2 Å². The van der Waals surface area contributed by atoms with Crippen molar-refractivity contribution in [1.82, 2.24) is 5.16 Å². The number of rotatable bonds is 4. The van der Waals surface area contributed by atoms with Crippen LogP contribution in [0.15, 0.2) is 28.8 Å². The average molecular weight is 259 g/mol. The van der Waals surface area contributed by atoms with Crippen molar-refractivity contribution in [2.24, 2.45) is 0 Å². The summed E-state index contributed by atoms with van der Waals surface area (Å²) >= 11 is 0. The molecule has 1 aromatic heterocycles. The average Bonchev–Trinajstić information content (AvgIpc) is 2.75. The third-order valence-electron chi connectivity index (χ3n) is 2.72. The van der Waals surface area contributed by atoms with Crippen LogP contribution in [-0.2, 0) is 0 Å². The van der Waals surface area contributed by atoms with Gasteiger partial charge in [0.05, 0.1) is 0 Å². The molecule has 0 saturated carbocycles. The fraction of sp³-hybridized carbons (Fsp3) is 0.286. The van der Waals surface area contributed by atoms with Gasteiger partial charge in [-0.3, -0.25) is 4.79 Å². The maximum atomic E-state index is 12.1. The van der Waals surface area contributed by atoms with Crippen LogP contribution in [-0.4, -0.2) is 17.6 Å². The Balaban J connectivity index is 2.15. The number of amides is 1. The van der Waals surface area contributed by atoms with Gasteiger partial charge in [-0.05, 0) is 44.5 Å². The van der Waals surface area contributed by atoms with Crippen molar-refractivity contribution in [1.29, 1.82) is 0 Å². The van der Waals surface area contributed by atoms with E-state index in [1.54, 1.807) is 19.1 Å². The summed E-state index contributed by atoms with van der Waals surface area (Å²) in [6.45, 7) is 6.56. The van der Waals surface area contributed by atoms with Crippen LogP contribution < -0.4 is 10.6 Å². The third-order valence-corrected chi connectivity index (χ3v) is 2.72. The first kappa shape index (κ1) is 13.1. The minimum atomic E-state index is -0.186. The maximum absolute atomic E-state index is 12.1. The second-order valence-electron chi connectivity index (χ2n) is 4.34. The smallest absolute Gasteiger partial charge is 0.257 e. The minimum Gasteiger partial charge on any atom is -0.385 e. The Labute approximate surface area is 112 Å². The SMILES string of the molecule is CCNc1ccc(C(=O)Nc2cc(C)on2)c(C)c1. The predicted molar refractivity (Wildman–Crippen MR) is 74.5 cm³/mol. The molecule has 5 nitrogen and oxygen atoms in total. The highest BCUT2D eigenvalue weighted by atomic mass is 16.5. The van der Waals surface area contributed by atoms with Crippen molar-refractivity contribution < 1.29 is 9.32 Å². The molecule has 0 radical (unpaired) electrons. The zero-order chi connectivity index (χ0) is 13.8. The molecule has 0 spiro atoms. The van der Waals surface area contributed by atoms with Crippen molar-refractivity contribution in [3.63, 3.8) is 0 Å². The number of nitrogens with zero attached hydrogens (tertiary/aromatic N) is 1. The lowest BCUT2D eigenvalue weighted by atomic mass is 10.1. The fourth-order valence-corrected chi connectivity index (χ4v) is 1.84. The van der Waals surface area contributed by atoms with Crippen molar-refractivity contribution in [3.8, 4) is 0 Å². The van der Waals surface area contributed by atoms with E-state index in [1.807, 2.05) is 26.0 Å². The van der Waals surface area contributed by atoms with E-state index < -0.39 is 0 Å². The van der Waals surface area contributed by atoms with E-state index in [4.69, 9.17) is 4.52 Å². The summed E-state index contributed by atoms with van der Waals surface area (Å²) in [5, 5.41) is 9.65. The Hall–Kier alpha value is -2.30. The quantitative estimate of drug-likeness (QED) is 0.885. The van der Waals surface area contributed by atoms with Gasteiger partial charge in [0.1, 0.15) is 5.76 Å². The van der Waals surface area contributed by atoms with E-state index in [0.717, 1.165) is 17.8 Å². The highest BCUT2D eigenvalue weighted by Gasteiger charge is 2.11. The highest BCUT2D eigenvalue weighted by Crippen LogP contribution is 2.17. The van der Waals surface area contributed by atoms with E-state index in [2.05, 4.69) is 15.8 Å². The van der Waals surface area contributed by atoms with Gasteiger partial charge in [0.2, 0.25) is 0 Å². The molecular weight excluding hydrogens is 242 g/mol. The molecule has 100 valence electrons. The van der Waals surface area contributed by atoms with Gasteiger partial charge in [-0.25, -0.2) is 0 Å². The van der Waals surface area contributed by atoms with Gasteiger partial charge in [0.15, 0.2) is 5.82 Å². The first-order valence-electron chi connectivity index (χ1n) is 6.19. The minimum absolute atomic E-state index is 0.186. The molecule has 5 heteroatoms. The predicted octanol–water partition coefficient (Wildman–Crippen LogP) is 2.98. The van der Waals surface area contributed by atoms with Crippen LogP contribution in [0.4, 0.5) is 11.5 Å². The lowest BCUT2D eigenvalue weighted by Gasteiger charge is -2.08. The van der Waals surface area contributed by atoms with E-state index in [9.17, 15) is 4.79 Å². The number of nitrogens with one attached hydrogen (secondary N) is 2. The Morgan fingerprint density at radius 3 is 2.68 bits per heavy atom. The maximum Gasteiger partial charge on any atom is 0.257 e. The summed E-state index contributed by atoms with van der Waals surface area (Å²) in [5.74, 6) is 0.904. The summed E-state index contributed by atoms with van der Waals surface area (Å²) in [5.41, 5.74) is 2.55. The van der Waals surface area contributed by atoms with Crippen molar-refractivity contribution in [2.75, 3.05) is 17.2 Å². The molecule has 0 bridgehead atoms. The second-order valence-corrected chi connectivity index (χ2v) is 4.34. The first-order chi connectivity index (χ1) is 9.10. The van der Waals surface area contributed by atoms with Crippen LogP contribution in [0.3, 0.4) is 0 Å². The fourth-order valence-electron chi connectivity index (χ4n) is 1.84. The molecule has 2 aromatic rings. The first-order valence-corrected chi connectivity index (χ1v) is 6.19. The van der Waals surface area contributed by atoms with Crippen LogP contribution in [0.5, 0.6) is 0 Å². The van der Waals surface area contributed by atoms with Crippen molar-refractivity contribution >= 4 is 17.4 Å². The molecule has 0 aliphatic heterocycles. The molecule has 0 saturated heterocycles. The Morgan fingerprint density at radius 1 is 1.32 bits per heavy atom. The second kappa shape index (κ2) is 5.56. The van der Waals surface area contributed by atoms with Gasteiger partial charge in [0.25, 0.3) is 5.91 Å². The summed E-state index contributed by atoms with van der Waals surface area (Å²) in [6.07, 6.45) is 0. The number of carbonyl (C=O) groups excluding carboxylic acids is 1. The molecule has 1 heterocycles. The summed E-state index contributed by atoms with van der Waals surface area (Å²) in [6, 6.07) is 7.32. The number of benzene rings is 1. The highest BCUT2D eigenvalue weighted by molar-refractivity contribution is 6.05. The topological polar surface area (TPSA) is 67.2 Å². The summed E-state index contributed by atoms with van der Waals surface area (Å²) in [4.78, 5) is 12.1. The molecule has 1 aromatic carbocycles. The van der Waals surface area contributed by atoms with Crippen LogP contribution >= 0.6 is 0 Å². The van der Waals surface area contributed by atoms with E-state index in [1.165, 1.54) is 0 Å². The number of hydrogen-bond acceptors (Lipinski definition) is 4. The summed E-state index contributed by atoms with van der Waals surface area (Å²) in [7, 11) is 0. The van der Waals surface area contributed by atoms with Crippen LogP contribution in [0.1, 0.15) is 28.6 Å². The van der Waals surface area contributed by atoms with E-state index in [0.29, 0.717) is 17.1 Å². The monoisotopic (exact) mass is 259 g/mol. The molecule has 1 amide bonds. The Kier molecular flexibility index (Phi) is 3.85. The lowest BCUT2D eigenvalue weighted by molar-refractivity contribution is 0.102. The van der Waals surface area contributed by atoms with Gasteiger partial charge < -0.3 is 15.2 Å². The van der Waals surface area contributed by atoms with Gasteiger partial charge in [-0.1, -0.05) is 5.16 Å². The van der Waals surface area contributed by atoms with E-state index in [-0.39, 0.29) is 5.91 Å². The van der Waals surface area contributed by atoms with Gasteiger partial charge in [-0.15, -0.1) is 0 Å². The number of aryl methyl sites for hydroxylation is 2. The molecule has 2 N–H and O–H groups in total. The number of carbonyl (C=O) groups is 1. The number of aromatic nitrogens is 1. The molecule has 2 rings (SSSR count). The molecular formula is C14H17N3O2. The summed E-state index contributed by atoms with van der Waals surface area (Å²) < 4.78 is 4.91. The van der Waals surface area contributed by atoms with Crippen LogP contribution in [0, 0.1) is 13.8 Å². The van der Waals surface area contributed by atoms with E-state index >= 15 is 0 Å². The molecule has 0 aliphatic rings. The number of hydrogen-bond donors (Lipinski definition) is 2. The molecule has 0 fully saturated rings. The Bertz CT molecular complexity index is 590. The van der Waals surface area contributed by atoms with Gasteiger partial charge >= 0.3 is 0 Å². The molecule has 0 atom stereocenters. The lowest BCUT2D eigenvalue weighted by Crippen LogP contribution is -2.13. The molecule has 19 heavy (non-hydrogen) atoms. The van der Waals surface area contributed by atoms with Gasteiger partial charge in [0, 0.05) is 23.9 Å². The standard InChI is InChI=1S/C14H17N3O2/c1-4-15-11-5-6-12(9(2)7-11)14(18)16-13-8-10(3)19-17-13/h5-8,15H,4H2,1-3H3,(H,16,17,18). The zero-order valence-corrected chi connectivity index (χ0v) is 11.3. The zero-order valence-electron chi connectivity index (χ0n) is 11.3. The van der Waals surface area contributed by atoms with Crippen LogP contribution in [0.25, 0.3) is 0 Å². The van der Waals surface area contributed by atoms with Gasteiger partial charge in [-0.2, -0.15) is 0 Å². The van der Waals surface area contributed by atoms with Crippen LogP contribution in [0.2, 0.25) is 0 Å². The Morgan fingerprint density at radius 2 is 2.11 bits per heavy atom. The van der Waals surface area contributed by atoms with Crippen molar-refractivity contribution in [2.45, 2.75) is 20.8 Å². The third kappa shape index (κ3) is 3.13. The molecule has 0 unspecified atom stereocenters. The normalized spacial score (nSPS) is 10.3. The molecule has 0 aliphatic carbocycles. The largest absolute Gasteiger partial charge is 0.385 e.